The predicted octanol–water partition coefficient (Wildman–Crippen LogP) is 2.52. The summed E-state index contributed by atoms with van der Waals surface area (Å²) >= 11 is 12.0. The van der Waals surface area contributed by atoms with E-state index in [2.05, 4.69) is 5.32 Å². The second kappa shape index (κ2) is 8.20. The van der Waals surface area contributed by atoms with Crippen molar-refractivity contribution in [2.24, 2.45) is 11.7 Å². The van der Waals surface area contributed by atoms with Crippen LogP contribution >= 0.6 is 35.6 Å². The third-order valence-electron chi connectivity index (χ3n) is 3.72. The van der Waals surface area contributed by atoms with Crippen molar-refractivity contribution in [2.45, 2.75) is 38.0 Å². The molecule has 7 heteroatoms. The van der Waals surface area contributed by atoms with Gasteiger partial charge in [-0.1, -0.05) is 35.3 Å². The monoisotopic (exact) mass is 352 g/mol. The zero-order valence-corrected chi connectivity index (χ0v) is 13.7. The lowest BCUT2D eigenvalue weighted by Crippen LogP contribution is -2.44. The molecule has 1 aliphatic carbocycles. The fourth-order valence-corrected chi connectivity index (χ4v) is 2.83. The quantitative estimate of drug-likeness (QED) is 0.781. The molecule has 118 valence electrons. The minimum atomic E-state index is -0.499. The molecule has 4 nitrogen and oxygen atoms in total. The van der Waals surface area contributed by atoms with Crippen molar-refractivity contribution in [3.8, 4) is 0 Å². The lowest BCUT2D eigenvalue weighted by molar-refractivity contribution is -0.127. The topological polar surface area (TPSA) is 75.4 Å². The largest absolute Gasteiger partial charge is 0.392 e. The summed E-state index contributed by atoms with van der Waals surface area (Å²) in [5.41, 5.74) is 6.57. The zero-order valence-electron chi connectivity index (χ0n) is 11.4. The molecule has 21 heavy (non-hydrogen) atoms. The van der Waals surface area contributed by atoms with Gasteiger partial charge in [0.2, 0.25) is 5.91 Å². The van der Waals surface area contributed by atoms with Crippen LogP contribution in [0, 0.1) is 5.92 Å². The van der Waals surface area contributed by atoms with Crippen molar-refractivity contribution in [3.05, 3.63) is 33.8 Å². The molecule has 0 saturated heterocycles. The molecule has 0 aromatic heterocycles. The Labute approximate surface area is 140 Å². The molecule has 2 rings (SSSR count). The van der Waals surface area contributed by atoms with E-state index in [1.165, 1.54) is 0 Å². The highest BCUT2D eigenvalue weighted by Gasteiger charge is 2.30. The number of benzene rings is 1. The van der Waals surface area contributed by atoms with Crippen LogP contribution in [-0.4, -0.2) is 23.2 Å². The number of carbonyl (C=O) groups excluding carboxylic acids is 1. The van der Waals surface area contributed by atoms with Crippen LogP contribution in [0.1, 0.15) is 24.8 Å². The van der Waals surface area contributed by atoms with Gasteiger partial charge in [0.05, 0.1) is 16.1 Å². The number of amides is 1. The van der Waals surface area contributed by atoms with Gasteiger partial charge in [0.1, 0.15) is 0 Å². The zero-order chi connectivity index (χ0) is 14.7. The Morgan fingerprint density at radius 3 is 2.76 bits per heavy atom. The molecule has 0 radical (unpaired) electrons. The van der Waals surface area contributed by atoms with Gasteiger partial charge in [-0.15, -0.1) is 12.4 Å². The lowest BCUT2D eigenvalue weighted by Gasteiger charge is -2.30. The highest BCUT2D eigenvalue weighted by molar-refractivity contribution is 6.42. The van der Waals surface area contributed by atoms with Gasteiger partial charge in [-0.05, 0) is 30.9 Å². The maximum atomic E-state index is 12.1. The van der Waals surface area contributed by atoms with Crippen LogP contribution < -0.4 is 11.1 Å². The number of aliphatic hydroxyl groups excluding tert-OH is 1. The molecule has 0 aliphatic heterocycles. The summed E-state index contributed by atoms with van der Waals surface area (Å²) in [5, 5.41) is 13.4. The number of aliphatic hydroxyl groups is 1. The van der Waals surface area contributed by atoms with Gasteiger partial charge in [0.25, 0.3) is 0 Å². The van der Waals surface area contributed by atoms with Crippen molar-refractivity contribution in [1.29, 1.82) is 0 Å². The molecule has 3 atom stereocenters. The smallest absolute Gasteiger partial charge is 0.223 e. The van der Waals surface area contributed by atoms with Gasteiger partial charge in [-0.25, -0.2) is 0 Å². The molecule has 4 N–H and O–H groups in total. The summed E-state index contributed by atoms with van der Waals surface area (Å²) in [5.74, 6) is -0.199. The normalized spacial score (nSPS) is 25.0. The number of nitrogens with two attached hydrogens (primary N) is 1. The first-order valence-electron chi connectivity index (χ1n) is 6.63. The fourth-order valence-electron chi connectivity index (χ4n) is 2.44. The average molecular weight is 354 g/mol. The van der Waals surface area contributed by atoms with E-state index in [0.29, 0.717) is 35.9 Å². The van der Waals surface area contributed by atoms with Crippen molar-refractivity contribution >= 4 is 41.5 Å². The van der Waals surface area contributed by atoms with Crippen LogP contribution in [0.4, 0.5) is 0 Å². The minimum Gasteiger partial charge on any atom is -0.392 e. The number of hydrogen-bond acceptors (Lipinski definition) is 3. The second-order valence-electron chi connectivity index (χ2n) is 5.17. The number of carbonyl (C=O) groups is 1. The Morgan fingerprint density at radius 1 is 1.38 bits per heavy atom. The van der Waals surface area contributed by atoms with Crippen molar-refractivity contribution < 1.29 is 9.90 Å². The Morgan fingerprint density at radius 2 is 2.10 bits per heavy atom. The average Bonchev–Trinajstić information content (AvgIpc) is 2.43. The Balaban J connectivity index is 0.00000220. The van der Waals surface area contributed by atoms with Gasteiger partial charge in [-0.3, -0.25) is 4.79 Å². The minimum absolute atomic E-state index is 0. The van der Waals surface area contributed by atoms with E-state index in [1.807, 2.05) is 6.07 Å². The molecular weight excluding hydrogens is 335 g/mol. The van der Waals surface area contributed by atoms with E-state index < -0.39 is 6.10 Å². The fraction of sp³-hybridized carbons (Fsp3) is 0.500. The third kappa shape index (κ3) is 4.73. The molecule has 1 amide bonds. The van der Waals surface area contributed by atoms with E-state index in [4.69, 9.17) is 28.9 Å². The maximum absolute atomic E-state index is 12.1. The first-order valence-corrected chi connectivity index (χ1v) is 7.39. The van der Waals surface area contributed by atoms with Gasteiger partial charge in [-0.2, -0.15) is 0 Å². The number of nitrogens with one attached hydrogen (secondary N) is 1. The van der Waals surface area contributed by atoms with Gasteiger partial charge < -0.3 is 16.2 Å². The van der Waals surface area contributed by atoms with E-state index in [-0.39, 0.29) is 30.3 Å². The van der Waals surface area contributed by atoms with Crippen LogP contribution in [-0.2, 0) is 11.3 Å². The molecule has 1 saturated carbocycles. The van der Waals surface area contributed by atoms with Crippen LogP contribution in [0.15, 0.2) is 18.2 Å². The predicted molar refractivity (Wildman–Crippen MR) is 86.9 cm³/mol. The van der Waals surface area contributed by atoms with Crippen molar-refractivity contribution in [3.63, 3.8) is 0 Å². The van der Waals surface area contributed by atoms with Crippen LogP contribution in [0.3, 0.4) is 0 Å². The molecule has 1 aromatic carbocycles. The van der Waals surface area contributed by atoms with E-state index in [1.54, 1.807) is 12.1 Å². The lowest BCUT2D eigenvalue weighted by atomic mass is 9.83. The summed E-state index contributed by atoms with van der Waals surface area (Å²) in [6.07, 6.45) is 1.23. The molecule has 1 aliphatic rings. The highest BCUT2D eigenvalue weighted by Crippen LogP contribution is 2.26. The maximum Gasteiger partial charge on any atom is 0.223 e. The number of halogens is 3. The summed E-state index contributed by atoms with van der Waals surface area (Å²) in [6, 6.07) is 5.00. The van der Waals surface area contributed by atoms with Gasteiger partial charge in [0.15, 0.2) is 0 Å². The summed E-state index contributed by atoms with van der Waals surface area (Å²) in [6.45, 7) is 0.340. The Kier molecular flexibility index (Phi) is 7.24. The SMILES string of the molecule is Cl.N[C@@H]1C[C@@H](C(=O)NCc2cccc(Cl)c2Cl)CC[C@H]1O. The molecular formula is C14H19Cl3N2O2. The van der Waals surface area contributed by atoms with Crippen LogP contribution in [0.25, 0.3) is 0 Å². The van der Waals surface area contributed by atoms with Crippen molar-refractivity contribution in [2.75, 3.05) is 0 Å². The molecule has 0 unspecified atom stereocenters. The Hall–Kier alpha value is -0.520. The molecule has 1 aromatic rings. The molecule has 1 fully saturated rings. The Bertz CT molecular complexity index is 499. The summed E-state index contributed by atoms with van der Waals surface area (Å²) in [7, 11) is 0. The first-order chi connectivity index (χ1) is 9.49. The van der Waals surface area contributed by atoms with Gasteiger partial charge >= 0.3 is 0 Å². The van der Waals surface area contributed by atoms with Gasteiger partial charge in [0, 0.05) is 18.5 Å². The van der Waals surface area contributed by atoms with E-state index >= 15 is 0 Å². The highest BCUT2D eigenvalue weighted by atomic mass is 35.5. The summed E-state index contributed by atoms with van der Waals surface area (Å²) < 4.78 is 0. The molecule has 0 bridgehead atoms. The molecule has 0 spiro atoms. The van der Waals surface area contributed by atoms with E-state index in [9.17, 15) is 9.90 Å². The standard InChI is InChI=1S/C14H18Cl2N2O2.ClH/c15-10-3-1-2-9(13(10)16)7-18-14(20)8-4-5-12(19)11(17)6-8;/h1-3,8,11-12,19H,4-7,17H2,(H,18,20);1H/t8-,11+,12+;/m0./s1. The number of rotatable bonds is 3. The second-order valence-corrected chi connectivity index (χ2v) is 5.96. The van der Waals surface area contributed by atoms with E-state index in [0.717, 1.165) is 5.56 Å². The van der Waals surface area contributed by atoms with Crippen molar-refractivity contribution in [1.82, 2.24) is 5.32 Å². The first kappa shape index (κ1) is 18.5. The number of hydrogen-bond donors (Lipinski definition) is 3. The van der Waals surface area contributed by atoms with Crippen LogP contribution in [0.2, 0.25) is 10.0 Å². The van der Waals surface area contributed by atoms with Crippen LogP contribution in [0.5, 0.6) is 0 Å². The third-order valence-corrected chi connectivity index (χ3v) is 4.58. The molecule has 0 heterocycles. The summed E-state index contributed by atoms with van der Waals surface area (Å²) in [4.78, 5) is 12.1.